The van der Waals surface area contributed by atoms with Crippen LogP contribution in [0.5, 0.6) is 0 Å². The van der Waals surface area contributed by atoms with E-state index >= 15 is 0 Å². The first-order chi connectivity index (χ1) is 5.63. The van der Waals surface area contributed by atoms with Crippen LogP contribution in [0.1, 0.15) is 0 Å². The fourth-order valence-corrected chi connectivity index (χ4v) is 0.817. The molecule has 0 bridgehead atoms. The number of rotatable bonds is 2. The highest BCUT2D eigenvalue weighted by Gasteiger charge is 2.36. The monoisotopic (exact) mass is 176 g/mol. The Morgan fingerprint density at radius 2 is 2.25 bits per heavy atom. The minimum Gasteiger partial charge on any atom is -0.479 e. The van der Waals surface area contributed by atoms with Crippen LogP contribution < -0.4 is 0 Å². The predicted molar refractivity (Wildman–Crippen MR) is 34.3 cm³/mol. The van der Waals surface area contributed by atoms with E-state index in [0.717, 1.165) is 0 Å². The predicted octanol–water partition coefficient (Wildman–Crippen LogP) is -1.63. The Hall–Kier alpha value is -1.14. The average Bonchev–Trinajstić information content (AvgIpc) is 2.04. The van der Waals surface area contributed by atoms with E-state index in [0.29, 0.717) is 0 Å². The topological polar surface area (TPSA) is 93.1 Å². The van der Waals surface area contributed by atoms with E-state index in [-0.39, 0.29) is 13.2 Å². The molecular formula is C6H8O6. The largest absolute Gasteiger partial charge is 0.479 e. The average molecular weight is 176 g/mol. The summed E-state index contributed by atoms with van der Waals surface area (Å²) < 4.78 is 9.18. The zero-order valence-corrected chi connectivity index (χ0v) is 6.10. The second-order valence-electron chi connectivity index (χ2n) is 2.24. The summed E-state index contributed by atoms with van der Waals surface area (Å²) in [5.74, 6) is -2.34. The van der Waals surface area contributed by atoms with Crippen LogP contribution in [0.4, 0.5) is 0 Å². The molecule has 1 fully saturated rings. The molecule has 2 N–H and O–H groups in total. The SMILES string of the molecule is O=C(O)C(O)C1OCCOC1=O. The van der Waals surface area contributed by atoms with E-state index in [1.54, 1.807) is 0 Å². The Balaban J connectivity index is 2.59. The van der Waals surface area contributed by atoms with Crippen molar-refractivity contribution in [2.24, 2.45) is 0 Å². The van der Waals surface area contributed by atoms with E-state index in [2.05, 4.69) is 4.74 Å². The van der Waals surface area contributed by atoms with Crippen molar-refractivity contribution in [3.63, 3.8) is 0 Å². The molecule has 12 heavy (non-hydrogen) atoms. The fraction of sp³-hybridized carbons (Fsp3) is 0.667. The zero-order valence-electron chi connectivity index (χ0n) is 6.10. The van der Waals surface area contributed by atoms with Crippen molar-refractivity contribution in [2.45, 2.75) is 12.2 Å². The fourth-order valence-electron chi connectivity index (χ4n) is 0.817. The van der Waals surface area contributed by atoms with Crippen molar-refractivity contribution >= 4 is 11.9 Å². The minimum absolute atomic E-state index is 0.0989. The maximum absolute atomic E-state index is 10.8. The van der Waals surface area contributed by atoms with Gasteiger partial charge in [0.15, 0.2) is 12.2 Å². The Bertz CT molecular complexity index is 200. The van der Waals surface area contributed by atoms with Crippen LogP contribution >= 0.6 is 0 Å². The van der Waals surface area contributed by atoms with Crippen LogP contribution in [-0.2, 0) is 19.1 Å². The van der Waals surface area contributed by atoms with Gasteiger partial charge in [0.05, 0.1) is 6.61 Å². The van der Waals surface area contributed by atoms with E-state index in [4.69, 9.17) is 14.9 Å². The van der Waals surface area contributed by atoms with Crippen molar-refractivity contribution < 1.29 is 29.3 Å². The molecule has 0 aromatic carbocycles. The molecule has 1 aliphatic heterocycles. The summed E-state index contributed by atoms with van der Waals surface area (Å²) in [7, 11) is 0. The molecule has 0 radical (unpaired) electrons. The van der Waals surface area contributed by atoms with Crippen LogP contribution in [0.2, 0.25) is 0 Å². The third-order valence-electron chi connectivity index (χ3n) is 1.40. The molecule has 1 saturated heterocycles. The Morgan fingerprint density at radius 3 is 2.75 bits per heavy atom. The third-order valence-corrected chi connectivity index (χ3v) is 1.40. The van der Waals surface area contributed by atoms with Gasteiger partial charge in [0.2, 0.25) is 0 Å². The van der Waals surface area contributed by atoms with Crippen LogP contribution in [0.3, 0.4) is 0 Å². The minimum atomic E-state index is -1.85. The van der Waals surface area contributed by atoms with Crippen LogP contribution in [0.15, 0.2) is 0 Å². The summed E-state index contributed by atoms with van der Waals surface area (Å²) in [5, 5.41) is 17.2. The van der Waals surface area contributed by atoms with Crippen LogP contribution in [0, 0.1) is 0 Å². The quantitative estimate of drug-likeness (QED) is 0.491. The molecule has 0 aromatic heterocycles. The van der Waals surface area contributed by atoms with Gasteiger partial charge in [-0.1, -0.05) is 0 Å². The highest BCUT2D eigenvalue weighted by atomic mass is 16.6. The highest BCUT2D eigenvalue weighted by molar-refractivity contribution is 5.84. The number of carboxylic acids is 1. The number of carbonyl (C=O) groups is 2. The lowest BCUT2D eigenvalue weighted by Gasteiger charge is -2.23. The summed E-state index contributed by atoms with van der Waals surface area (Å²) in [4.78, 5) is 21.0. The lowest BCUT2D eigenvalue weighted by Crippen LogP contribution is -2.46. The number of carbonyl (C=O) groups excluding carboxylic acids is 1. The summed E-state index contributed by atoms with van der Waals surface area (Å²) in [6.45, 7) is 0.211. The lowest BCUT2D eigenvalue weighted by atomic mass is 10.2. The molecule has 68 valence electrons. The second kappa shape index (κ2) is 3.51. The number of hydrogen-bond donors (Lipinski definition) is 2. The summed E-state index contributed by atoms with van der Waals surface area (Å²) in [6, 6.07) is 0. The number of aliphatic hydroxyl groups is 1. The van der Waals surface area contributed by atoms with Crippen LogP contribution in [-0.4, -0.2) is 47.6 Å². The molecule has 1 heterocycles. The van der Waals surface area contributed by atoms with Gasteiger partial charge in [-0.25, -0.2) is 9.59 Å². The standard InChI is InChI=1S/C6H8O6/c7-3(5(8)9)4-6(10)12-2-1-11-4/h3-4,7H,1-2H2,(H,8,9). The van der Waals surface area contributed by atoms with E-state index in [1.165, 1.54) is 0 Å². The number of aliphatic hydroxyl groups excluding tert-OH is 1. The number of cyclic esters (lactones) is 1. The second-order valence-corrected chi connectivity index (χ2v) is 2.24. The zero-order chi connectivity index (χ0) is 9.14. The summed E-state index contributed by atoms with van der Waals surface area (Å²) >= 11 is 0. The Labute approximate surface area is 67.7 Å². The van der Waals surface area contributed by atoms with Gasteiger partial charge < -0.3 is 19.7 Å². The number of esters is 1. The number of ether oxygens (including phenoxy) is 2. The third kappa shape index (κ3) is 1.72. The molecule has 2 unspecified atom stereocenters. The Morgan fingerprint density at radius 1 is 1.58 bits per heavy atom. The first-order valence-electron chi connectivity index (χ1n) is 3.32. The van der Waals surface area contributed by atoms with E-state index < -0.39 is 24.1 Å². The molecule has 0 amide bonds. The number of hydrogen-bond acceptors (Lipinski definition) is 5. The van der Waals surface area contributed by atoms with Gasteiger partial charge in [0.25, 0.3) is 0 Å². The molecule has 1 rings (SSSR count). The van der Waals surface area contributed by atoms with Gasteiger partial charge in [0, 0.05) is 0 Å². The number of aliphatic carboxylic acids is 1. The van der Waals surface area contributed by atoms with Gasteiger partial charge in [-0.15, -0.1) is 0 Å². The molecule has 6 nitrogen and oxygen atoms in total. The van der Waals surface area contributed by atoms with E-state index in [9.17, 15) is 9.59 Å². The van der Waals surface area contributed by atoms with Crippen molar-refractivity contribution in [1.29, 1.82) is 0 Å². The Kier molecular flexibility index (Phi) is 2.61. The normalized spacial score (nSPS) is 26.1. The van der Waals surface area contributed by atoms with Crippen molar-refractivity contribution in [2.75, 3.05) is 13.2 Å². The lowest BCUT2D eigenvalue weighted by molar-refractivity contribution is -0.188. The first kappa shape index (κ1) is 8.95. The van der Waals surface area contributed by atoms with Gasteiger partial charge >= 0.3 is 11.9 Å². The van der Waals surface area contributed by atoms with Gasteiger partial charge in [0.1, 0.15) is 6.61 Å². The van der Waals surface area contributed by atoms with Crippen LogP contribution in [0.25, 0.3) is 0 Å². The molecule has 0 saturated carbocycles. The molecule has 2 atom stereocenters. The van der Waals surface area contributed by atoms with Crippen molar-refractivity contribution in [3.8, 4) is 0 Å². The molecule has 0 spiro atoms. The molecule has 1 aliphatic rings. The molecule has 0 aromatic rings. The molecule has 6 heteroatoms. The molecular weight excluding hydrogens is 168 g/mol. The molecule has 0 aliphatic carbocycles. The van der Waals surface area contributed by atoms with Crippen molar-refractivity contribution in [1.82, 2.24) is 0 Å². The van der Waals surface area contributed by atoms with Gasteiger partial charge in [-0.05, 0) is 0 Å². The van der Waals surface area contributed by atoms with Gasteiger partial charge in [-0.3, -0.25) is 0 Å². The summed E-state index contributed by atoms with van der Waals surface area (Å²) in [6.07, 6.45) is -3.24. The smallest absolute Gasteiger partial charge is 0.338 e. The number of carboxylic acid groups (broad SMARTS) is 1. The maximum Gasteiger partial charge on any atom is 0.338 e. The highest BCUT2D eigenvalue weighted by Crippen LogP contribution is 2.07. The summed E-state index contributed by atoms with van der Waals surface area (Å²) in [5.41, 5.74) is 0. The van der Waals surface area contributed by atoms with Gasteiger partial charge in [-0.2, -0.15) is 0 Å². The van der Waals surface area contributed by atoms with E-state index in [1.807, 2.05) is 0 Å². The maximum atomic E-state index is 10.8. The first-order valence-corrected chi connectivity index (χ1v) is 3.32. The van der Waals surface area contributed by atoms with Crippen molar-refractivity contribution in [3.05, 3.63) is 0 Å².